The van der Waals surface area contributed by atoms with Gasteiger partial charge in [0.15, 0.2) is 0 Å². The van der Waals surface area contributed by atoms with Gasteiger partial charge in [-0.25, -0.2) is 0 Å². The van der Waals surface area contributed by atoms with Gasteiger partial charge >= 0.3 is 0 Å². The average molecular weight is 304 g/mol. The van der Waals surface area contributed by atoms with Crippen molar-refractivity contribution >= 4 is 5.57 Å². The lowest BCUT2D eigenvalue weighted by Gasteiger charge is -2.16. The summed E-state index contributed by atoms with van der Waals surface area (Å²) < 4.78 is 0. The lowest BCUT2D eigenvalue weighted by atomic mass is 9.90. The standard InChI is InChI=1S/C20H32O2/c1-3-5-7-9-17(15-16-21)20(10-8-6-4-2)18-11-13-19(22)14-12-18/h11-14,21-22H,3-10,15-16H2,1-2H3/b20-17+. The van der Waals surface area contributed by atoms with Crippen LogP contribution in [0.4, 0.5) is 0 Å². The molecular formula is C20H32O2. The van der Waals surface area contributed by atoms with Gasteiger partial charge in [0.2, 0.25) is 0 Å². The smallest absolute Gasteiger partial charge is 0.115 e. The molecule has 0 aliphatic rings. The first kappa shape index (κ1) is 18.8. The largest absolute Gasteiger partial charge is 0.508 e. The lowest BCUT2D eigenvalue weighted by molar-refractivity contribution is 0.297. The molecule has 0 heterocycles. The van der Waals surface area contributed by atoms with E-state index in [9.17, 15) is 10.2 Å². The summed E-state index contributed by atoms with van der Waals surface area (Å²) in [6, 6.07) is 7.54. The van der Waals surface area contributed by atoms with Crippen LogP contribution in [-0.2, 0) is 0 Å². The Bertz CT molecular complexity index is 432. The van der Waals surface area contributed by atoms with E-state index < -0.39 is 0 Å². The first-order valence-corrected chi connectivity index (χ1v) is 8.84. The van der Waals surface area contributed by atoms with Gasteiger partial charge in [0.25, 0.3) is 0 Å². The molecule has 124 valence electrons. The molecule has 2 heteroatoms. The molecule has 22 heavy (non-hydrogen) atoms. The number of hydrogen-bond acceptors (Lipinski definition) is 2. The van der Waals surface area contributed by atoms with Crippen LogP contribution in [0, 0.1) is 0 Å². The van der Waals surface area contributed by atoms with Crippen LogP contribution < -0.4 is 0 Å². The maximum absolute atomic E-state index is 9.51. The fourth-order valence-corrected chi connectivity index (χ4v) is 2.89. The Morgan fingerprint density at radius 2 is 1.41 bits per heavy atom. The Hall–Kier alpha value is -1.28. The molecule has 0 amide bonds. The molecule has 1 aromatic rings. The van der Waals surface area contributed by atoms with Crippen molar-refractivity contribution < 1.29 is 10.2 Å². The van der Waals surface area contributed by atoms with Crippen molar-refractivity contribution in [2.75, 3.05) is 6.61 Å². The second-order valence-corrected chi connectivity index (χ2v) is 6.02. The van der Waals surface area contributed by atoms with E-state index in [1.165, 1.54) is 55.2 Å². The zero-order chi connectivity index (χ0) is 16.2. The maximum atomic E-state index is 9.51. The van der Waals surface area contributed by atoms with Crippen LogP contribution in [0.25, 0.3) is 5.57 Å². The minimum Gasteiger partial charge on any atom is -0.508 e. The maximum Gasteiger partial charge on any atom is 0.115 e. The van der Waals surface area contributed by atoms with E-state index in [2.05, 4.69) is 13.8 Å². The molecule has 0 bridgehead atoms. The molecule has 0 atom stereocenters. The van der Waals surface area contributed by atoms with E-state index in [0.717, 1.165) is 19.3 Å². The van der Waals surface area contributed by atoms with Crippen molar-refractivity contribution in [3.8, 4) is 5.75 Å². The van der Waals surface area contributed by atoms with Gasteiger partial charge in [0.05, 0.1) is 0 Å². The summed E-state index contributed by atoms with van der Waals surface area (Å²) in [5.41, 5.74) is 3.99. The van der Waals surface area contributed by atoms with Crippen LogP contribution in [-0.4, -0.2) is 16.8 Å². The molecule has 0 unspecified atom stereocenters. The van der Waals surface area contributed by atoms with Crippen molar-refractivity contribution in [1.29, 1.82) is 0 Å². The number of rotatable bonds is 11. The van der Waals surface area contributed by atoms with Gasteiger partial charge in [-0.1, -0.05) is 57.2 Å². The van der Waals surface area contributed by atoms with Crippen molar-refractivity contribution in [1.82, 2.24) is 0 Å². The van der Waals surface area contributed by atoms with Crippen molar-refractivity contribution in [2.45, 2.75) is 71.6 Å². The molecule has 0 fully saturated rings. The lowest BCUT2D eigenvalue weighted by Crippen LogP contribution is -1.97. The fourth-order valence-electron chi connectivity index (χ4n) is 2.89. The highest BCUT2D eigenvalue weighted by Crippen LogP contribution is 2.30. The normalized spacial score (nSPS) is 12.3. The summed E-state index contributed by atoms with van der Waals surface area (Å²) in [7, 11) is 0. The summed E-state index contributed by atoms with van der Waals surface area (Å²) in [5.74, 6) is 0.311. The molecule has 1 rings (SSSR count). The van der Waals surface area contributed by atoms with E-state index in [1.807, 2.05) is 12.1 Å². The second kappa shape index (κ2) is 11.3. The highest BCUT2D eigenvalue weighted by molar-refractivity contribution is 5.69. The number of phenolic OH excluding ortho intramolecular Hbond substituents is 1. The second-order valence-electron chi connectivity index (χ2n) is 6.02. The number of unbranched alkanes of at least 4 members (excludes halogenated alkanes) is 4. The van der Waals surface area contributed by atoms with E-state index >= 15 is 0 Å². The van der Waals surface area contributed by atoms with Gasteiger partial charge in [-0.3, -0.25) is 0 Å². The number of hydrogen-bond donors (Lipinski definition) is 2. The molecule has 0 spiro atoms. The zero-order valence-corrected chi connectivity index (χ0v) is 14.3. The molecule has 0 aliphatic heterocycles. The third kappa shape index (κ3) is 6.65. The number of aromatic hydroxyl groups is 1. The summed E-state index contributed by atoms with van der Waals surface area (Å²) in [5, 5.41) is 18.9. The van der Waals surface area contributed by atoms with Crippen LogP contribution in [0.3, 0.4) is 0 Å². The quantitative estimate of drug-likeness (QED) is 0.516. The van der Waals surface area contributed by atoms with Crippen molar-refractivity contribution in [2.24, 2.45) is 0 Å². The van der Waals surface area contributed by atoms with Crippen molar-refractivity contribution in [3.63, 3.8) is 0 Å². The van der Waals surface area contributed by atoms with E-state index in [-0.39, 0.29) is 6.61 Å². The zero-order valence-electron chi connectivity index (χ0n) is 14.3. The van der Waals surface area contributed by atoms with E-state index in [0.29, 0.717) is 5.75 Å². The number of allylic oxidation sites excluding steroid dienone is 1. The molecule has 0 radical (unpaired) electrons. The molecule has 2 nitrogen and oxygen atoms in total. The van der Waals surface area contributed by atoms with Gasteiger partial charge in [0.1, 0.15) is 5.75 Å². The minimum atomic E-state index is 0.219. The van der Waals surface area contributed by atoms with Gasteiger partial charge < -0.3 is 10.2 Å². The minimum absolute atomic E-state index is 0.219. The third-order valence-electron chi connectivity index (χ3n) is 4.17. The first-order valence-electron chi connectivity index (χ1n) is 8.84. The molecule has 0 saturated heterocycles. The van der Waals surface area contributed by atoms with E-state index in [1.54, 1.807) is 12.1 Å². The average Bonchev–Trinajstić information content (AvgIpc) is 2.52. The third-order valence-corrected chi connectivity index (χ3v) is 4.17. The molecule has 0 saturated carbocycles. The highest BCUT2D eigenvalue weighted by atomic mass is 16.3. The number of aliphatic hydroxyl groups is 1. The predicted octanol–water partition coefficient (Wildman–Crippen LogP) is 5.69. The molecule has 2 N–H and O–H groups in total. The molecular weight excluding hydrogens is 272 g/mol. The van der Waals surface area contributed by atoms with Gasteiger partial charge in [-0.05, 0) is 55.4 Å². The molecule has 0 aromatic heterocycles. The SMILES string of the molecule is CCCCC/C(CCO)=C(/CCCCC)c1ccc(O)cc1. The fraction of sp³-hybridized carbons (Fsp3) is 0.600. The molecule has 1 aromatic carbocycles. The summed E-state index contributed by atoms with van der Waals surface area (Å²) in [4.78, 5) is 0. The summed E-state index contributed by atoms with van der Waals surface area (Å²) in [6.45, 7) is 4.66. The highest BCUT2D eigenvalue weighted by Gasteiger charge is 2.10. The monoisotopic (exact) mass is 304 g/mol. The van der Waals surface area contributed by atoms with Crippen LogP contribution in [0.1, 0.15) is 77.2 Å². The Balaban J connectivity index is 2.99. The van der Waals surface area contributed by atoms with Crippen LogP contribution in [0.2, 0.25) is 0 Å². The van der Waals surface area contributed by atoms with Gasteiger partial charge in [0, 0.05) is 6.61 Å². The van der Waals surface area contributed by atoms with Crippen LogP contribution in [0.15, 0.2) is 29.8 Å². The van der Waals surface area contributed by atoms with E-state index in [4.69, 9.17) is 0 Å². The molecule has 0 aliphatic carbocycles. The van der Waals surface area contributed by atoms with Crippen LogP contribution >= 0.6 is 0 Å². The van der Waals surface area contributed by atoms with Gasteiger partial charge in [-0.15, -0.1) is 0 Å². The number of benzene rings is 1. The summed E-state index contributed by atoms with van der Waals surface area (Å²) >= 11 is 0. The number of phenols is 1. The number of aliphatic hydroxyl groups excluding tert-OH is 1. The summed E-state index contributed by atoms with van der Waals surface area (Å²) in [6.07, 6.45) is 10.2. The Morgan fingerprint density at radius 1 is 0.818 bits per heavy atom. The Kier molecular flexibility index (Phi) is 9.65. The first-order chi connectivity index (χ1) is 10.7. The Labute approximate surface area is 135 Å². The predicted molar refractivity (Wildman–Crippen MR) is 95.0 cm³/mol. The topological polar surface area (TPSA) is 40.5 Å². The van der Waals surface area contributed by atoms with Gasteiger partial charge in [-0.2, -0.15) is 0 Å². The Morgan fingerprint density at radius 3 is 1.95 bits per heavy atom. The van der Waals surface area contributed by atoms with Crippen LogP contribution in [0.5, 0.6) is 5.75 Å². The van der Waals surface area contributed by atoms with Crippen molar-refractivity contribution in [3.05, 3.63) is 35.4 Å².